The fourth-order valence-electron chi connectivity index (χ4n) is 3.07. The minimum atomic E-state index is -4.22. The lowest BCUT2D eigenvalue weighted by atomic mass is 10.2. The van der Waals surface area contributed by atoms with Crippen LogP contribution in [0.4, 0.5) is 11.4 Å². The van der Waals surface area contributed by atoms with Crippen molar-refractivity contribution in [3.63, 3.8) is 0 Å². The van der Waals surface area contributed by atoms with E-state index in [1.165, 1.54) is 62.9 Å². The molecule has 0 atom stereocenters. The molecule has 0 aliphatic rings. The van der Waals surface area contributed by atoms with Gasteiger partial charge in [-0.3, -0.25) is 19.2 Å². The molecule has 0 bridgehead atoms. The van der Waals surface area contributed by atoms with E-state index in [1.807, 2.05) is 0 Å². The highest BCUT2D eigenvalue weighted by atomic mass is 32.2. The van der Waals surface area contributed by atoms with Crippen LogP contribution in [0, 0.1) is 10.1 Å². The van der Waals surface area contributed by atoms with Gasteiger partial charge >= 0.3 is 0 Å². The predicted octanol–water partition coefficient (Wildman–Crippen LogP) is 2.96. The van der Waals surface area contributed by atoms with Crippen LogP contribution in [-0.4, -0.2) is 46.2 Å². The van der Waals surface area contributed by atoms with Crippen LogP contribution in [0.1, 0.15) is 5.56 Å². The number of carbonyl (C=O) groups is 1. The van der Waals surface area contributed by atoms with Crippen LogP contribution in [0.3, 0.4) is 0 Å². The van der Waals surface area contributed by atoms with Crippen molar-refractivity contribution in [2.75, 3.05) is 25.1 Å². The number of nitrogens with one attached hydrogen (secondary N) is 1. The van der Waals surface area contributed by atoms with Crippen LogP contribution >= 0.6 is 0 Å². The molecule has 1 amide bonds. The van der Waals surface area contributed by atoms with E-state index in [9.17, 15) is 23.3 Å². The number of sulfonamides is 1. The summed E-state index contributed by atoms with van der Waals surface area (Å²) in [6.07, 6.45) is 1.35. The number of ether oxygens (including phenoxy) is 2. The molecule has 3 rings (SSSR count). The first-order valence-corrected chi connectivity index (χ1v) is 11.6. The van der Waals surface area contributed by atoms with Gasteiger partial charge in [0.25, 0.3) is 21.6 Å². The van der Waals surface area contributed by atoms with Gasteiger partial charge in [-0.25, -0.2) is 13.8 Å². The molecule has 12 heteroatoms. The number of hydrazone groups is 1. The molecule has 0 aliphatic heterocycles. The van der Waals surface area contributed by atoms with E-state index in [0.29, 0.717) is 17.1 Å². The van der Waals surface area contributed by atoms with Crippen LogP contribution in [-0.2, 0) is 14.8 Å². The molecule has 3 aromatic carbocycles. The van der Waals surface area contributed by atoms with Gasteiger partial charge in [-0.15, -0.1) is 0 Å². The van der Waals surface area contributed by atoms with Gasteiger partial charge in [0.05, 0.1) is 35.9 Å². The number of nitro groups is 1. The zero-order valence-corrected chi connectivity index (χ0v) is 19.6. The topological polar surface area (TPSA) is 140 Å². The van der Waals surface area contributed by atoms with Gasteiger partial charge in [-0.1, -0.05) is 24.3 Å². The van der Waals surface area contributed by atoms with Crippen molar-refractivity contribution in [3.8, 4) is 11.5 Å². The third-order valence-electron chi connectivity index (χ3n) is 4.76. The molecule has 0 saturated heterocycles. The number of carbonyl (C=O) groups excluding carboxylic acids is 1. The Morgan fingerprint density at radius 3 is 2.40 bits per heavy atom. The Hall–Kier alpha value is -4.45. The minimum Gasteiger partial charge on any atom is -0.493 e. The van der Waals surface area contributed by atoms with Gasteiger partial charge in [0.2, 0.25) is 0 Å². The number of methoxy groups -OCH3 is 2. The number of anilines is 1. The first kappa shape index (κ1) is 25.2. The molecule has 11 nitrogen and oxygen atoms in total. The molecular formula is C23H22N4O7S. The van der Waals surface area contributed by atoms with Gasteiger partial charge in [0.15, 0.2) is 11.5 Å². The second kappa shape index (κ2) is 11.1. The maximum Gasteiger partial charge on any atom is 0.271 e. The molecule has 0 fully saturated rings. The van der Waals surface area contributed by atoms with Crippen molar-refractivity contribution in [2.45, 2.75) is 4.90 Å². The highest BCUT2D eigenvalue weighted by Crippen LogP contribution is 2.28. The zero-order chi connectivity index (χ0) is 25.4. The Balaban J connectivity index is 1.85. The molecule has 1 N–H and O–H groups in total. The maximum atomic E-state index is 13.3. The highest BCUT2D eigenvalue weighted by molar-refractivity contribution is 7.92. The number of nitrogens with zero attached hydrogens (tertiary/aromatic N) is 3. The number of hydrogen-bond donors (Lipinski definition) is 1. The summed E-state index contributed by atoms with van der Waals surface area (Å²) in [6, 6.07) is 17.5. The quantitative estimate of drug-likeness (QED) is 0.257. The van der Waals surface area contributed by atoms with Crippen molar-refractivity contribution in [3.05, 3.63) is 88.5 Å². The monoisotopic (exact) mass is 498 g/mol. The van der Waals surface area contributed by atoms with E-state index >= 15 is 0 Å². The van der Waals surface area contributed by atoms with Gasteiger partial charge in [-0.2, -0.15) is 5.10 Å². The Labute approximate surface area is 201 Å². The Kier molecular flexibility index (Phi) is 8.00. The summed E-state index contributed by atoms with van der Waals surface area (Å²) < 4.78 is 37.7. The van der Waals surface area contributed by atoms with Crippen molar-refractivity contribution in [1.29, 1.82) is 0 Å². The van der Waals surface area contributed by atoms with E-state index in [1.54, 1.807) is 24.3 Å². The molecule has 35 heavy (non-hydrogen) atoms. The summed E-state index contributed by atoms with van der Waals surface area (Å²) in [7, 11) is -1.23. The molecule has 0 heterocycles. The van der Waals surface area contributed by atoms with E-state index in [-0.39, 0.29) is 16.3 Å². The van der Waals surface area contributed by atoms with Crippen LogP contribution in [0.15, 0.2) is 82.8 Å². The minimum absolute atomic E-state index is 0.0397. The molecule has 182 valence electrons. The van der Waals surface area contributed by atoms with Gasteiger partial charge in [0, 0.05) is 12.1 Å². The number of non-ortho nitro benzene ring substituents is 1. The van der Waals surface area contributed by atoms with Crippen LogP contribution in [0.5, 0.6) is 11.5 Å². The van der Waals surface area contributed by atoms with Crippen LogP contribution in [0.25, 0.3) is 0 Å². The molecule has 0 unspecified atom stereocenters. The second-order valence-corrected chi connectivity index (χ2v) is 8.87. The Morgan fingerprint density at radius 1 is 1.03 bits per heavy atom. The molecule has 0 aromatic heterocycles. The predicted molar refractivity (Wildman–Crippen MR) is 129 cm³/mol. The number of benzene rings is 3. The second-order valence-electron chi connectivity index (χ2n) is 7.01. The number of nitro benzene ring substituents is 1. The molecule has 0 radical (unpaired) electrons. The van der Waals surface area contributed by atoms with Gasteiger partial charge in [0.1, 0.15) is 6.54 Å². The lowest BCUT2D eigenvalue weighted by molar-refractivity contribution is -0.384. The van der Waals surface area contributed by atoms with E-state index in [4.69, 9.17) is 9.47 Å². The van der Waals surface area contributed by atoms with Crippen molar-refractivity contribution in [1.82, 2.24) is 5.43 Å². The lowest BCUT2D eigenvalue weighted by Crippen LogP contribution is -2.39. The largest absolute Gasteiger partial charge is 0.493 e. The fourth-order valence-corrected chi connectivity index (χ4v) is 4.51. The molecule has 0 saturated carbocycles. The average molecular weight is 499 g/mol. The SMILES string of the molecule is COc1ccc(/C=N\NC(=O)CN(c2cccc([N+](=O)[O-])c2)S(=O)(=O)c2ccccc2)cc1OC. The van der Waals surface area contributed by atoms with Gasteiger partial charge in [-0.05, 0) is 42.0 Å². The maximum absolute atomic E-state index is 13.3. The standard InChI is InChI=1S/C23H22N4O7S/c1-33-21-12-11-17(13-22(21)34-2)15-24-25-23(28)16-26(18-7-6-8-19(14-18)27(29)30)35(31,32)20-9-4-3-5-10-20/h3-15H,16H2,1-2H3,(H,25,28)/b24-15-. The molecule has 0 aliphatic carbocycles. The lowest BCUT2D eigenvalue weighted by Gasteiger charge is -2.23. The van der Waals surface area contributed by atoms with Gasteiger partial charge < -0.3 is 9.47 Å². The number of hydrogen-bond acceptors (Lipinski definition) is 8. The smallest absolute Gasteiger partial charge is 0.271 e. The Morgan fingerprint density at radius 2 is 1.74 bits per heavy atom. The Bertz CT molecular complexity index is 1340. The third kappa shape index (κ3) is 6.12. The van der Waals surface area contributed by atoms with Crippen molar-refractivity contribution in [2.24, 2.45) is 5.10 Å². The zero-order valence-electron chi connectivity index (χ0n) is 18.8. The van der Waals surface area contributed by atoms with Crippen molar-refractivity contribution >= 4 is 33.5 Å². The molecule has 0 spiro atoms. The third-order valence-corrected chi connectivity index (χ3v) is 6.55. The summed E-state index contributed by atoms with van der Waals surface area (Å²) in [5.41, 5.74) is 2.51. The normalized spacial score (nSPS) is 11.1. The van der Waals surface area contributed by atoms with E-state index < -0.39 is 27.4 Å². The number of rotatable bonds is 10. The summed E-state index contributed by atoms with van der Waals surface area (Å²) in [6.45, 7) is -0.665. The van der Waals surface area contributed by atoms with Crippen LogP contribution in [0.2, 0.25) is 0 Å². The first-order valence-electron chi connectivity index (χ1n) is 10.1. The summed E-state index contributed by atoms with van der Waals surface area (Å²) >= 11 is 0. The van der Waals surface area contributed by atoms with E-state index in [0.717, 1.165) is 10.4 Å². The summed E-state index contributed by atoms with van der Waals surface area (Å²) in [4.78, 5) is 23.1. The molecular weight excluding hydrogens is 476 g/mol. The highest BCUT2D eigenvalue weighted by Gasteiger charge is 2.28. The fraction of sp³-hybridized carbons (Fsp3) is 0.130. The van der Waals surface area contributed by atoms with Crippen LogP contribution < -0.4 is 19.2 Å². The van der Waals surface area contributed by atoms with E-state index in [2.05, 4.69) is 10.5 Å². The summed E-state index contributed by atoms with van der Waals surface area (Å²) in [5, 5.41) is 15.1. The first-order chi connectivity index (χ1) is 16.8. The average Bonchev–Trinajstić information content (AvgIpc) is 2.87. The molecule has 3 aromatic rings. The van der Waals surface area contributed by atoms with Crippen molar-refractivity contribution < 1.29 is 27.6 Å². The summed E-state index contributed by atoms with van der Waals surface area (Å²) in [5.74, 6) is 0.230. The number of amides is 1.